The van der Waals surface area contributed by atoms with Gasteiger partial charge in [0.25, 0.3) is 0 Å². The first kappa shape index (κ1) is 12.3. The lowest BCUT2D eigenvalue weighted by Gasteiger charge is -2.51. The van der Waals surface area contributed by atoms with Crippen molar-refractivity contribution in [2.75, 3.05) is 6.61 Å². The van der Waals surface area contributed by atoms with Crippen LogP contribution in [0.3, 0.4) is 0 Å². The van der Waals surface area contributed by atoms with Gasteiger partial charge in [-0.05, 0) is 39.0 Å². The van der Waals surface area contributed by atoms with E-state index >= 15 is 0 Å². The van der Waals surface area contributed by atoms with Crippen LogP contribution in [0.25, 0.3) is 0 Å². The van der Waals surface area contributed by atoms with Crippen LogP contribution in [0.15, 0.2) is 0 Å². The van der Waals surface area contributed by atoms with E-state index in [1.54, 1.807) is 0 Å². The molecule has 1 spiro atoms. The Hall–Kier alpha value is -0.120. The monoisotopic (exact) mass is 228 g/mol. The van der Waals surface area contributed by atoms with Crippen LogP contribution in [-0.2, 0) is 9.47 Å². The van der Waals surface area contributed by atoms with Crippen LogP contribution >= 0.6 is 0 Å². The Morgan fingerprint density at radius 2 is 2.06 bits per heavy atom. The van der Waals surface area contributed by atoms with Gasteiger partial charge in [0, 0.05) is 12.8 Å². The summed E-state index contributed by atoms with van der Waals surface area (Å²) in [6.45, 7) is 6.41. The summed E-state index contributed by atoms with van der Waals surface area (Å²) in [6.07, 6.45) is 5.42. The summed E-state index contributed by atoms with van der Waals surface area (Å²) in [5, 5.41) is 9.47. The maximum absolute atomic E-state index is 9.47. The van der Waals surface area contributed by atoms with Crippen molar-refractivity contribution in [3.63, 3.8) is 0 Å². The molecule has 0 amide bonds. The molecule has 2 saturated heterocycles. The van der Waals surface area contributed by atoms with Crippen molar-refractivity contribution in [3.05, 3.63) is 0 Å². The lowest BCUT2D eigenvalue weighted by molar-refractivity contribution is -0.348. The summed E-state index contributed by atoms with van der Waals surface area (Å²) in [7, 11) is 0. The highest BCUT2D eigenvalue weighted by molar-refractivity contribution is 4.91. The lowest BCUT2D eigenvalue weighted by atomic mass is 9.82. The Balaban J connectivity index is 2.14. The van der Waals surface area contributed by atoms with Crippen LogP contribution in [0, 0.1) is 5.92 Å². The van der Waals surface area contributed by atoms with Gasteiger partial charge in [0.15, 0.2) is 5.79 Å². The van der Waals surface area contributed by atoms with Gasteiger partial charge in [-0.2, -0.15) is 0 Å². The molecule has 0 aliphatic carbocycles. The molecule has 1 N–H and O–H groups in total. The topological polar surface area (TPSA) is 38.7 Å². The third kappa shape index (κ3) is 2.41. The van der Waals surface area contributed by atoms with E-state index < -0.39 is 11.4 Å². The Morgan fingerprint density at radius 1 is 1.31 bits per heavy atom. The van der Waals surface area contributed by atoms with Crippen molar-refractivity contribution in [1.29, 1.82) is 0 Å². The Bertz CT molecular complexity index is 252. The van der Waals surface area contributed by atoms with E-state index in [4.69, 9.17) is 9.47 Å². The van der Waals surface area contributed by atoms with Gasteiger partial charge < -0.3 is 14.6 Å². The summed E-state index contributed by atoms with van der Waals surface area (Å²) in [6, 6.07) is 0. The Labute approximate surface area is 98.1 Å². The molecule has 3 nitrogen and oxygen atoms in total. The molecular formula is C13H24O3. The summed E-state index contributed by atoms with van der Waals surface area (Å²) >= 11 is 0. The van der Waals surface area contributed by atoms with Gasteiger partial charge in [0.1, 0.15) is 0 Å². The molecule has 0 aromatic heterocycles. The zero-order valence-electron chi connectivity index (χ0n) is 10.7. The van der Waals surface area contributed by atoms with Gasteiger partial charge in [-0.3, -0.25) is 0 Å². The zero-order valence-corrected chi connectivity index (χ0v) is 10.7. The molecule has 2 fully saturated rings. The van der Waals surface area contributed by atoms with E-state index in [0.717, 1.165) is 32.1 Å². The molecule has 2 heterocycles. The van der Waals surface area contributed by atoms with Gasteiger partial charge in [0.2, 0.25) is 0 Å². The van der Waals surface area contributed by atoms with Crippen LogP contribution in [-0.4, -0.2) is 29.2 Å². The van der Waals surface area contributed by atoms with Crippen molar-refractivity contribution in [2.24, 2.45) is 5.92 Å². The average molecular weight is 228 g/mol. The van der Waals surface area contributed by atoms with E-state index in [-0.39, 0.29) is 12.7 Å². The number of hydrogen-bond donors (Lipinski definition) is 1. The lowest BCUT2D eigenvalue weighted by Crippen LogP contribution is -2.55. The van der Waals surface area contributed by atoms with Gasteiger partial charge in [-0.15, -0.1) is 0 Å². The van der Waals surface area contributed by atoms with Gasteiger partial charge in [-0.25, -0.2) is 0 Å². The maximum atomic E-state index is 9.47. The van der Waals surface area contributed by atoms with E-state index in [9.17, 15) is 5.11 Å². The molecule has 0 saturated carbocycles. The largest absolute Gasteiger partial charge is 0.393 e. The normalized spacial score (nSPS) is 49.5. The smallest absolute Gasteiger partial charge is 0.169 e. The predicted molar refractivity (Wildman–Crippen MR) is 62.1 cm³/mol. The Kier molecular flexibility index (Phi) is 3.30. The minimum atomic E-state index is -0.424. The maximum Gasteiger partial charge on any atom is 0.169 e. The minimum Gasteiger partial charge on any atom is -0.393 e. The quantitative estimate of drug-likeness (QED) is 0.749. The molecule has 2 rings (SSSR count). The van der Waals surface area contributed by atoms with Crippen LogP contribution in [0.1, 0.15) is 52.9 Å². The van der Waals surface area contributed by atoms with E-state index in [1.807, 2.05) is 6.92 Å². The zero-order chi connectivity index (χ0) is 11.8. The third-order valence-electron chi connectivity index (χ3n) is 3.79. The Morgan fingerprint density at radius 3 is 2.69 bits per heavy atom. The molecule has 0 radical (unpaired) electrons. The van der Waals surface area contributed by atoms with Crippen molar-refractivity contribution < 1.29 is 14.6 Å². The fourth-order valence-electron chi connectivity index (χ4n) is 3.34. The van der Waals surface area contributed by atoms with Crippen LogP contribution < -0.4 is 0 Å². The van der Waals surface area contributed by atoms with Gasteiger partial charge in [0.05, 0.1) is 18.3 Å². The van der Waals surface area contributed by atoms with E-state index in [1.165, 1.54) is 0 Å². The molecule has 0 aromatic carbocycles. The molecule has 0 aromatic rings. The van der Waals surface area contributed by atoms with Gasteiger partial charge in [-0.1, -0.05) is 6.92 Å². The molecular weight excluding hydrogens is 204 g/mol. The number of ether oxygens (including phenoxy) is 2. The summed E-state index contributed by atoms with van der Waals surface area (Å²) in [4.78, 5) is 0. The number of rotatable bonds is 1. The summed E-state index contributed by atoms with van der Waals surface area (Å²) < 4.78 is 12.2. The number of aliphatic hydroxyl groups excluding tert-OH is 1. The highest BCUT2D eigenvalue weighted by atomic mass is 16.7. The average Bonchev–Trinajstić information content (AvgIpc) is 2.15. The molecule has 94 valence electrons. The van der Waals surface area contributed by atoms with Crippen molar-refractivity contribution in [3.8, 4) is 0 Å². The molecule has 4 atom stereocenters. The van der Waals surface area contributed by atoms with Gasteiger partial charge >= 0.3 is 0 Å². The van der Waals surface area contributed by atoms with Crippen molar-refractivity contribution in [2.45, 2.75) is 70.4 Å². The number of aliphatic hydroxyl groups is 1. The fourth-order valence-corrected chi connectivity index (χ4v) is 3.34. The highest BCUT2D eigenvalue weighted by Gasteiger charge is 2.48. The number of hydrogen-bond acceptors (Lipinski definition) is 3. The van der Waals surface area contributed by atoms with Crippen LogP contribution in [0.4, 0.5) is 0 Å². The third-order valence-corrected chi connectivity index (χ3v) is 3.79. The fraction of sp³-hybridized carbons (Fsp3) is 1.00. The summed E-state index contributed by atoms with van der Waals surface area (Å²) in [5.74, 6) is 0.128. The van der Waals surface area contributed by atoms with E-state index in [0.29, 0.717) is 5.92 Å². The van der Waals surface area contributed by atoms with Crippen LogP contribution in [0.5, 0.6) is 0 Å². The van der Waals surface area contributed by atoms with Crippen LogP contribution in [0.2, 0.25) is 0 Å². The molecule has 0 unspecified atom stereocenters. The van der Waals surface area contributed by atoms with Crippen molar-refractivity contribution in [1.82, 2.24) is 0 Å². The first-order valence-electron chi connectivity index (χ1n) is 6.46. The molecule has 16 heavy (non-hydrogen) atoms. The predicted octanol–water partition coefficient (Wildman–Crippen LogP) is 2.47. The minimum absolute atomic E-state index is 0.0802. The van der Waals surface area contributed by atoms with Crippen molar-refractivity contribution >= 4 is 0 Å². The summed E-state index contributed by atoms with van der Waals surface area (Å²) in [5.41, 5.74) is -0.422. The molecule has 3 heteroatoms. The molecule has 2 aliphatic heterocycles. The molecule has 2 aliphatic rings. The standard InChI is InChI=1S/C13H24O3/c1-10-7-12(3,9-14)16-13(8-10)6-4-5-11(2)15-13/h10-11,14H,4-9H2,1-3H3/t10-,11+,12+,13-/m1/s1. The first-order chi connectivity index (χ1) is 7.47. The second kappa shape index (κ2) is 4.28. The molecule has 0 bridgehead atoms. The SMILES string of the molecule is C[C@@H]1C[C@@](C)(CO)O[C@]2(CCC[C@H](C)O2)C1. The first-order valence-corrected chi connectivity index (χ1v) is 6.46. The second-order valence-corrected chi connectivity index (χ2v) is 5.95. The van der Waals surface area contributed by atoms with E-state index in [2.05, 4.69) is 13.8 Å². The second-order valence-electron chi connectivity index (χ2n) is 5.95. The highest BCUT2D eigenvalue weighted by Crippen LogP contribution is 2.44.